The molecule has 7 nitrogen and oxygen atoms in total. The van der Waals surface area contributed by atoms with Gasteiger partial charge in [-0.2, -0.15) is 0 Å². The molecule has 156 valence electrons. The van der Waals surface area contributed by atoms with E-state index in [0.29, 0.717) is 28.6 Å². The molecule has 0 fully saturated rings. The van der Waals surface area contributed by atoms with Crippen molar-refractivity contribution in [2.75, 3.05) is 19.0 Å². The van der Waals surface area contributed by atoms with Crippen molar-refractivity contribution < 1.29 is 18.7 Å². The number of methoxy groups -OCH3 is 1. The number of amides is 2. The van der Waals surface area contributed by atoms with Crippen LogP contribution in [0, 0.1) is 20.8 Å². The highest BCUT2D eigenvalue weighted by Crippen LogP contribution is 2.24. The van der Waals surface area contributed by atoms with E-state index in [1.54, 1.807) is 25.1 Å². The summed E-state index contributed by atoms with van der Waals surface area (Å²) in [5, 5.41) is 5.65. The van der Waals surface area contributed by atoms with E-state index < -0.39 is 0 Å². The first-order chi connectivity index (χ1) is 14.4. The maximum absolute atomic E-state index is 12.5. The molecule has 2 aromatic carbocycles. The van der Waals surface area contributed by atoms with E-state index in [-0.39, 0.29) is 25.0 Å². The highest BCUT2D eigenvalue weighted by atomic mass is 16.5. The number of benzene rings is 2. The van der Waals surface area contributed by atoms with Gasteiger partial charge in [0, 0.05) is 23.9 Å². The Hall–Kier alpha value is -3.45. The fourth-order valence-electron chi connectivity index (χ4n) is 3.10. The van der Waals surface area contributed by atoms with E-state index in [4.69, 9.17) is 9.15 Å². The zero-order valence-electron chi connectivity index (χ0n) is 17.5. The summed E-state index contributed by atoms with van der Waals surface area (Å²) < 4.78 is 10.6. The van der Waals surface area contributed by atoms with Crippen LogP contribution >= 0.6 is 0 Å². The monoisotopic (exact) mass is 407 g/mol. The maximum Gasteiger partial charge on any atom is 0.251 e. The molecule has 0 atom stereocenters. The van der Waals surface area contributed by atoms with E-state index in [1.165, 1.54) is 7.11 Å². The predicted molar refractivity (Wildman–Crippen MR) is 114 cm³/mol. The van der Waals surface area contributed by atoms with Gasteiger partial charge in [0.15, 0.2) is 0 Å². The van der Waals surface area contributed by atoms with Crippen molar-refractivity contribution >= 4 is 17.5 Å². The fourth-order valence-corrected chi connectivity index (χ4v) is 3.10. The summed E-state index contributed by atoms with van der Waals surface area (Å²) in [7, 11) is 1.46. The number of nitrogens with one attached hydrogen (secondary N) is 2. The molecule has 0 saturated carbocycles. The molecule has 2 amide bonds. The number of aromatic nitrogens is 1. The fraction of sp³-hybridized carbons (Fsp3) is 0.261. The summed E-state index contributed by atoms with van der Waals surface area (Å²) in [6, 6.07) is 12.9. The first kappa shape index (κ1) is 21.3. The van der Waals surface area contributed by atoms with Gasteiger partial charge in [0.25, 0.3) is 5.91 Å². The van der Waals surface area contributed by atoms with Gasteiger partial charge in [0.2, 0.25) is 11.8 Å². The molecule has 0 aliphatic heterocycles. The van der Waals surface area contributed by atoms with Gasteiger partial charge < -0.3 is 19.8 Å². The largest absolute Gasteiger partial charge is 0.441 e. The summed E-state index contributed by atoms with van der Waals surface area (Å²) in [5.74, 6) is 0.651. The molecule has 0 radical (unpaired) electrons. The third-order valence-electron chi connectivity index (χ3n) is 4.60. The van der Waals surface area contributed by atoms with Crippen LogP contribution in [0.15, 0.2) is 46.9 Å². The average Bonchev–Trinajstić information content (AvgIpc) is 3.07. The molecule has 7 heteroatoms. The second-order valence-electron chi connectivity index (χ2n) is 7.08. The SMILES string of the molecule is COCC(=O)Nc1cccc(-c2nc(CNC(=O)c3ccc(C)cc3C)c(C)o2)c1. The Kier molecular flexibility index (Phi) is 6.64. The number of hydrogen-bond acceptors (Lipinski definition) is 5. The first-order valence-electron chi connectivity index (χ1n) is 9.58. The number of hydrogen-bond donors (Lipinski definition) is 2. The molecule has 0 spiro atoms. The number of aryl methyl sites for hydroxylation is 3. The molecule has 0 aliphatic carbocycles. The minimum absolute atomic E-state index is 0.0212. The van der Waals surface area contributed by atoms with Crippen LogP contribution < -0.4 is 10.6 Å². The topological polar surface area (TPSA) is 93.5 Å². The van der Waals surface area contributed by atoms with Crippen LogP contribution in [-0.2, 0) is 16.1 Å². The molecular formula is C23H25N3O4. The molecule has 3 rings (SSSR count). The number of ether oxygens (including phenoxy) is 1. The van der Waals surface area contributed by atoms with E-state index >= 15 is 0 Å². The third-order valence-corrected chi connectivity index (χ3v) is 4.60. The van der Waals surface area contributed by atoms with Gasteiger partial charge in [-0.3, -0.25) is 9.59 Å². The van der Waals surface area contributed by atoms with Gasteiger partial charge in [-0.25, -0.2) is 4.98 Å². The number of anilines is 1. The Bertz CT molecular complexity index is 1070. The Labute approximate surface area is 175 Å². The summed E-state index contributed by atoms with van der Waals surface area (Å²) in [6.07, 6.45) is 0. The summed E-state index contributed by atoms with van der Waals surface area (Å²) in [6.45, 7) is 5.95. The lowest BCUT2D eigenvalue weighted by molar-refractivity contribution is -0.119. The van der Waals surface area contributed by atoms with Gasteiger partial charge in [-0.15, -0.1) is 0 Å². The van der Waals surface area contributed by atoms with Crippen molar-refractivity contribution in [3.63, 3.8) is 0 Å². The van der Waals surface area contributed by atoms with Gasteiger partial charge in [-0.05, 0) is 50.6 Å². The second-order valence-corrected chi connectivity index (χ2v) is 7.08. The van der Waals surface area contributed by atoms with Crippen LogP contribution in [0.4, 0.5) is 5.69 Å². The zero-order chi connectivity index (χ0) is 21.7. The van der Waals surface area contributed by atoms with Crippen molar-refractivity contribution in [1.82, 2.24) is 10.3 Å². The van der Waals surface area contributed by atoms with Gasteiger partial charge in [-0.1, -0.05) is 23.8 Å². The van der Waals surface area contributed by atoms with Gasteiger partial charge >= 0.3 is 0 Å². The number of carbonyl (C=O) groups excluding carboxylic acids is 2. The molecule has 2 N–H and O–H groups in total. The molecular weight excluding hydrogens is 382 g/mol. The highest BCUT2D eigenvalue weighted by Gasteiger charge is 2.15. The molecule has 0 saturated heterocycles. The normalized spacial score (nSPS) is 10.7. The van der Waals surface area contributed by atoms with Crippen LogP contribution in [0.2, 0.25) is 0 Å². The van der Waals surface area contributed by atoms with Gasteiger partial charge in [0.05, 0.1) is 6.54 Å². The van der Waals surface area contributed by atoms with Crippen LogP contribution in [0.3, 0.4) is 0 Å². The zero-order valence-corrected chi connectivity index (χ0v) is 17.5. The van der Waals surface area contributed by atoms with Crippen LogP contribution in [0.25, 0.3) is 11.5 Å². The third kappa shape index (κ3) is 5.12. The Balaban J connectivity index is 1.71. The van der Waals surface area contributed by atoms with E-state index in [2.05, 4.69) is 15.6 Å². The van der Waals surface area contributed by atoms with Crippen molar-refractivity contribution in [3.8, 4) is 11.5 Å². The first-order valence-corrected chi connectivity index (χ1v) is 9.58. The van der Waals surface area contributed by atoms with E-state index in [1.807, 2.05) is 38.1 Å². The van der Waals surface area contributed by atoms with Crippen molar-refractivity contribution in [2.45, 2.75) is 27.3 Å². The molecule has 3 aromatic rings. The molecule has 0 bridgehead atoms. The molecule has 1 aromatic heterocycles. The Morgan fingerprint density at radius 2 is 1.90 bits per heavy atom. The molecule has 1 heterocycles. The lowest BCUT2D eigenvalue weighted by atomic mass is 10.1. The van der Waals surface area contributed by atoms with Gasteiger partial charge in [0.1, 0.15) is 18.1 Å². The van der Waals surface area contributed by atoms with Crippen molar-refractivity contribution in [1.29, 1.82) is 0 Å². The second kappa shape index (κ2) is 9.37. The molecule has 0 unspecified atom stereocenters. The summed E-state index contributed by atoms with van der Waals surface area (Å²) >= 11 is 0. The summed E-state index contributed by atoms with van der Waals surface area (Å²) in [5.41, 5.74) is 4.67. The predicted octanol–water partition coefficient (Wildman–Crippen LogP) is 3.78. The minimum Gasteiger partial charge on any atom is -0.441 e. The summed E-state index contributed by atoms with van der Waals surface area (Å²) in [4.78, 5) is 28.8. The van der Waals surface area contributed by atoms with Crippen LogP contribution in [-0.4, -0.2) is 30.5 Å². The number of nitrogens with zero attached hydrogens (tertiary/aromatic N) is 1. The van der Waals surface area contributed by atoms with Crippen molar-refractivity contribution in [2.24, 2.45) is 0 Å². The molecule has 30 heavy (non-hydrogen) atoms. The van der Waals surface area contributed by atoms with E-state index in [9.17, 15) is 9.59 Å². The minimum atomic E-state index is -0.243. The quantitative estimate of drug-likeness (QED) is 0.622. The highest BCUT2D eigenvalue weighted by molar-refractivity contribution is 5.95. The lowest BCUT2D eigenvalue weighted by Gasteiger charge is -2.07. The van der Waals surface area contributed by atoms with E-state index in [0.717, 1.165) is 16.7 Å². The molecule has 0 aliphatic rings. The van der Waals surface area contributed by atoms with Crippen LogP contribution in [0.5, 0.6) is 0 Å². The maximum atomic E-state index is 12.5. The van der Waals surface area contributed by atoms with Crippen molar-refractivity contribution in [3.05, 3.63) is 70.6 Å². The van der Waals surface area contributed by atoms with Crippen LogP contribution in [0.1, 0.15) is 32.9 Å². The Morgan fingerprint density at radius 3 is 2.63 bits per heavy atom. The lowest BCUT2D eigenvalue weighted by Crippen LogP contribution is -2.24. The standard InChI is InChI=1S/C23H25N3O4/c1-14-8-9-19(15(2)10-14)22(28)24-12-20-16(3)30-23(26-20)17-6-5-7-18(11-17)25-21(27)13-29-4/h5-11H,12-13H2,1-4H3,(H,24,28)(H,25,27). The number of rotatable bonds is 7. The number of carbonyl (C=O) groups is 2. The average molecular weight is 407 g/mol. The number of oxazole rings is 1. The Morgan fingerprint density at radius 1 is 1.10 bits per heavy atom. The smallest absolute Gasteiger partial charge is 0.251 e.